The zero-order valence-electron chi connectivity index (χ0n) is 10.6. The summed E-state index contributed by atoms with van der Waals surface area (Å²) in [5, 5.41) is 37.5. The SMILES string of the molecule is CC(CCO)CC(O)CC(O)CC(C)(C)O. The molecule has 3 atom stereocenters. The average Bonchev–Trinajstić information content (AvgIpc) is 1.98. The van der Waals surface area contributed by atoms with Crippen molar-refractivity contribution in [1.82, 2.24) is 0 Å². The second-order valence-electron chi connectivity index (χ2n) is 5.41. The summed E-state index contributed by atoms with van der Waals surface area (Å²) in [4.78, 5) is 0. The van der Waals surface area contributed by atoms with Gasteiger partial charge in [-0.25, -0.2) is 0 Å². The Morgan fingerprint density at radius 2 is 1.62 bits per heavy atom. The molecule has 0 aliphatic heterocycles. The predicted molar refractivity (Wildman–Crippen MR) is 63.0 cm³/mol. The Balaban J connectivity index is 3.82. The number of aliphatic hydroxyl groups excluding tert-OH is 3. The van der Waals surface area contributed by atoms with Gasteiger partial charge in [0.05, 0.1) is 17.8 Å². The van der Waals surface area contributed by atoms with Gasteiger partial charge in [-0.05, 0) is 39.0 Å². The molecule has 0 saturated carbocycles. The standard InChI is InChI=1S/C12H26O4/c1-9(4-5-13)6-10(14)7-11(15)8-12(2,3)16/h9-11,13-16H,4-8H2,1-3H3. The highest BCUT2D eigenvalue weighted by molar-refractivity contribution is 4.74. The first-order valence-electron chi connectivity index (χ1n) is 5.94. The van der Waals surface area contributed by atoms with Crippen molar-refractivity contribution < 1.29 is 20.4 Å². The van der Waals surface area contributed by atoms with Crippen LogP contribution in [0.25, 0.3) is 0 Å². The minimum atomic E-state index is -0.907. The van der Waals surface area contributed by atoms with Crippen LogP contribution >= 0.6 is 0 Å². The lowest BCUT2D eigenvalue weighted by molar-refractivity contribution is -0.00462. The first kappa shape index (κ1) is 15.8. The molecule has 0 aliphatic carbocycles. The molecule has 0 aromatic heterocycles. The Labute approximate surface area is 97.9 Å². The van der Waals surface area contributed by atoms with Gasteiger partial charge in [-0.2, -0.15) is 0 Å². The first-order chi connectivity index (χ1) is 7.24. The van der Waals surface area contributed by atoms with Crippen LogP contribution in [0.1, 0.15) is 46.5 Å². The second kappa shape index (κ2) is 7.22. The number of aliphatic hydroxyl groups is 4. The van der Waals surface area contributed by atoms with Gasteiger partial charge in [0.2, 0.25) is 0 Å². The van der Waals surface area contributed by atoms with E-state index in [2.05, 4.69) is 0 Å². The van der Waals surface area contributed by atoms with Gasteiger partial charge < -0.3 is 20.4 Å². The molecule has 0 rings (SSSR count). The van der Waals surface area contributed by atoms with Crippen LogP contribution in [0.2, 0.25) is 0 Å². The molecule has 0 spiro atoms. The van der Waals surface area contributed by atoms with Crippen molar-refractivity contribution in [3.05, 3.63) is 0 Å². The number of hydrogen-bond acceptors (Lipinski definition) is 4. The second-order valence-corrected chi connectivity index (χ2v) is 5.41. The Kier molecular flexibility index (Phi) is 7.15. The highest BCUT2D eigenvalue weighted by atomic mass is 16.3. The van der Waals surface area contributed by atoms with E-state index in [1.807, 2.05) is 6.92 Å². The third-order valence-electron chi connectivity index (χ3n) is 2.58. The molecule has 0 aromatic rings. The molecule has 4 nitrogen and oxygen atoms in total. The maximum atomic E-state index is 9.69. The monoisotopic (exact) mass is 234 g/mol. The van der Waals surface area contributed by atoms with E-state index < -0.39 is 17.8 Å². The molecule has 0 heterocycles. The van der Waals surface area contributed by atoms with Crippen molar-refractivity contribution in [2.75, 3.05) is 6.61 Å². The fraction of sp³-hybridized carbons (Fsp3) is 1.00. The van der Waals surface area contributed by atoms with Crippen molar-refractivity contribution in [3.8, 4) is 0 Å². The fourth-order valence-corrected chi connectivity index (χ4v) is 1.87. The number of hydrogen-bond donors (Lipinski definition) is 4. The molecule has 0 aliphatic rings. The van der Waals surface area contributed by atoms with Crippen molar-refractivity contribution >= 4 is 0 Å². The summed E-state index contributed by atoms with van der Waals surface area (Å²) < 4.78 is 0. The normalized spacial score (nSPS) is 18.2. The molecule has 0 saturated heterocycles. The van der Waals surface area contributed by atoms with Crippen LogP contribution in [0.5, 0.6) is 0 Å². The van der Waals surface area contributed by atoms with E-state index in [1.54, 1.807) is 13.8 Å². The van der Waals surface area contributed by atoms with Crippen molar-refractivity contribution in [1.29, 1.82) is 0 Å². The van der Waals surface area contributed by atoms with E-state index in [1.165, 1.54) is 0 Å². The molecule has 98 valence electrons. The zero-order valence-corrected chi connectivity index (χ0v) is 10.6. The minimum Gasteiger partial charge on any atom is -0.396 e. The van der Waals surface area contributed by atoms with Gasteiger partial charge in [0, 0.05) is 13.0 Å². The molecule has 0 aromatic carbocycles. The summed E-state index contributed by atoms with van der Waals surface area (Å²) in [6.07, 6.45) is 0.524. The molecule has 4 heteroatoms. The summed E-state index contributed by atoms with van der Waals surface area (Å²) >= 11 is 0. The van der Waals surface area contributed by atoms with Crippen LogP contribution in [0, 0.1) is 5.92 Å². The largest absolute Gasteiger partial charge is 0.396 e. The summed E-state index contributed by atoms with van der Waals surface area (Å²) in [5.74, 6) is 0.245. The van der Waals surface area contributed by atoms with Gasteiger partial charge >= 0.3 is 0 Å². The van der Waals surface area contributed by atoms with Crippen LogP contribution in [0.4, 0.5) is 0 Å². The Hall–Kier alpha value is -0.160. The van der Waals surface area contributed by atoms with E-state index >= 15 is 0 Å². The van der Waals surface area contributed by atoms with E-state index in [0.29, 0.717) is 12.8 Å². The molecule has 0 radical (unpaired) electrons. The summed E-state index contributed by atoms with van der Waals surface area (Å²) in [6.45, 7) is 5.36. The first-order valence-corrected chi connectivity index (χ1v) is 5.94. The van der Waals surface area contributed by atoms with Gasteiger partial charge in [0.1, 0.15) is 0 Å². The predicted octanol–water partition coefficient (Wildman–Crippen LogP) is 0.668. The van der Waals surface area contributed by atoms with Gasteiger partial charge in [0.25, 0.3) is 0 Å². The highest BCUT2D eigenvalue weighted by Gasteiger charge is 2.21. The Morgan fingerprint density at radius 3 is 2.06 bits per heavy atom. The van der Waals surface area contributed by atoms with Gasteiger partial charge in [0.15, 0.2) is 0 Å². The minimum absolute atomic E-state index is 0.125. The van der Waals surface area contributed by atoms with Crippen LogP contribution in [0.15, 0.2) is 0 Å². The third kappa shape index (κ3) is 9.09. The summed E-state index contributed by atoms with van der Waals surface area (Å²) in [5.41, 5.74) is -0.907. The topological polar surface area (TPSA) is 80.9 Å². The summed E-state index contributed by atoms with van der Waals surface area (Å²) in [7, 11) is 0. The molecule has 0 amide bonds. The third-order valence-corrected chi connectivity index (χ3v) is 2.58. The lowest BCUT2D eigenvalue weighted by Gasteiger charge is -2.24. The van der Waals surface area contributed by atoms with E-state index in [-0.39, 0.29) is 25.4 Å². The van der Waals surface area contributed by atoms with Crippen molar-refractivity contribution in [3.63, 3.8) is 0 Å². The zero-order chi connectivity index (χ0) is 12.8. The molecule has 4 N–H and O–H groups in total. The lowest BCUT2D eigenvalue weighted by Crippen LogP contribution is -2.29. The quantitative estimate of drug-likeness (QED) is 0.497. The number of rotatable bonds is 8. The molecule has 0 fully saturated rings. The van der Waals surface area contributed by atoms with Gasteiger partial charge in [-0.15, -0.1) is 0 Å². The molecular weight excluding hydrogens is 208 g/mol. The smallest absolute Gasteiger partial charge is 0.0616 e. The van der Waals surface area contributed by atoms with Gasteiger partial charge in [-0.3, -0.25) is 0 Å². The van der Waals surface area contributed by atoms with Crippen LogP contribution in [0.3, 0.4) is 0 Å². The van der Waals surface area contributed by atoms with Crippen molar-refractivity contribution in [2.45, 2.75) is 64.3 Å². The Bertz CT molecular complexity index is 176. The van der Waals surface area contributed by atoms with Crippen molar-refractivity contribution in [2.24, 2.45) is 5.92 Å². The molecule has 0 bridgehead atoms. The van der Waals surface area contributed by atoms with Crippen LogP contribution in [-0.2, 0) is 0 Å². The highest BCUT2D eigenvalue weighted by Crippen LogP contribution is 2.18. The van der Waals surface area contributed by atoms with Gasteiger partial charge in [-0.1, -0.05) is 6.92 Å². The van der Waals surface area contributed by atoms with E-state index in [9.17, 15) is 15.3 Å². The van der Waals surface area contributed by atoms with E-state index in [4.69, 9.17) is 5.11 Å². The molecule has 3 unspecified atom stereocenters. The van der Waals surface area contributed by atoms with Crippen LogP contribution < -0.4 is 0 Å². The maximum Gasteiger partial charge on any atom is 0.0616 e. The Morgan fingerprint density at radius 1 is 1.06 bits per heavy atom. The van der Waals surface area contributed by atoms with E-state index in [0.717, 1.165) is 0 Å². The fourth-order valence-electron chi connectivity index (χ4n) is 1.87. The van der Waals surface area contributed by atoms with Crippen LogP contribution in [-0.4, -0.2) is 44.8 Å². The maximum absolute atomic E-state index is 9.69. The summed E-state index contributed by atoms with van der Waals surface area (Å²) in [6, 6.07) is 0. The lowest BCUT2D eigenvalue weighted by atomic mass is 9.93. The molecule has 16 heavy (non-hydrogen) atoms. The average molecular weight is 234 g/mol. The molecular formula is C12H26O4.